The van der Waals surface area contributed by atoms with E-state index in [0.717, 1.165) is 44.8 Å². The summed E-state index contributed by atoms with van der Waals surface area (Å²) in [5.41, 5.74) is 4.74. The summed E-state index contributed by atoms with van der Waals surface area (Å²) in [5, 5.41) is 3.17. The van der Waals surface area contributed by atoms with Crippen molar-refractivity contribution in [1.82, 2.24) is 10.3 Å². The van der Waals surface area contributed by atoms with Gasteiger partial charge in [0.2, 0.25) is 0 Å². The van der Waals surface area contributed by atoms with E-state index in [4.69, 9.17) is 0 Å². The molecule has 148 valence electrons. The smallest absolute Gasteiger partial charge is 0.251 e. The highest BCUT2D eigenvalue weighted by Crippen LogP contribution is 2.25. The molecule has 4 rings (SSSR count). The van der Waals surface area contributed by atoms with Crippen LogP contribution in [0.25, 0.3) is 0 Å². The Labute approximate surface area is 167 Å². The van der Waals surface area contributed by atoms with Gasteiger partial charge in [0.25, 0.3) is 5.91 Å². The van der Waals surface area contributed by atoms with Crippen molar-refractivity contribution in [3.05, 3.63) is 53.2 Å². The van der Waals surface area contributed by atoms with Crippen LogP contribution >= 0.6 is 0 Å². The van der Waals surface area contributed by atoms with Gasteiger partial charge in [-0.25, -0.2) is 4.98 Å². The minimum absolute atomic E-state index is 0.0320. The molecule has 0 unspecified atom stereocenters. The molecule has 2 heterocycles. The SMILES string of the molecule is Cc1cccc(N2CCN(c3cc(C(=O)NC4CCCC4)ccn3)CC2)c1C. The summed E-state index contributed by atoms with van der Waals surface area (Å²) < 4.78 is 0. The van der Waals surface area contributed by atoms with E-state index >= 15 is 0 Å². The highest BCUT2D eigenvalue weighted by Gasteiger charge is 2.22. The summed E-state index contributed by atoms with van der Waals surface area (Å²) in [6.45, 7) is 8.11. The highest BCUT2D eigenvalue weighted by atomic mass is 16.1. The van der Waals surface area contributed by atoms with Crippen molar-refractivity contribution in [3.63, 3.8) is 0 Å². The Balaban J connectivity index is 1.40. The molecule has 2 fully saturated rings. The number of hydrogen-bond acceptors (Lipinski definition) is 4. The van der Waals surface area contributed by atoms with Crippen LogP contribution in [-0.4, -0.2) is 43.1 Å². The zero-order chi connectivity index (χ0) is 19.5. The van der Waals surface area contributed by atoms with Crippen molar-refractivity contribution < 1.29 is 4.79 Å². The first-order valence-electron chi connectivity index (χ1n) is 10.4. The Morgan fingerprint density at radius 3 is 2.50 bits per heavy atom. The van der Waals surface area contributed by atoms with Gasteiger partial charge in [0, 0.05) is 49.7 Å². The summed E-state index contributed by atoms with van der Waals surface area (Å²) in [4.78, 5) is 21.9. The van der Waals surface area contributed by atoms with Crippen LogP contribution in [0.3, 0.4) is 0 Å². The Morgan fingerprint density at radius 2 is 1.75 bits per heavy atom. The van der Waals surface area contributed by atoms with E-state index in [2.05, 4.69) is 52.1 Å². The molecule has 0 radical (unpaired) electrons. The second-order valence-corrected chi connectivity index (χ2v) is 8.05. The second-order valence-electron chi connectivity index (χ2n) is 8.05. The number of carbonyl (C=O) groups is 1. The van der Waals surface area contributed by atoms with Crippen LogP contribution in [-0.2, 0) is 0 Å². The molecule has 2 aliphatic rings. The van der Waals surface area contributed by atoms with Gasteiger partial charge in [-0.15, -0.1) is 0 Å². The van der Waals surface area contributed by atoms with E-state index in [-0.39, 0.29) is 5.91 Å². The van der Waals surface area contributed by atoms with Crippen LogP contribution in [0.4, 0.5) is 11.5 Å². The first kappa shape index (κ1) is 18.8. The molecule has 0 bridgehead atoms. The lowest BCUT2D eigenvalue weighted by molar-refractivity contribution is 0.0938. The van der Waals surface area contributed by atoms with Crippen LogP contribution < -0.4 is 15.1 Å². The largest absolute Gasteiger partial charge is 0.368 e. The van der Waals surface area contributed by atoms with Crippen LogP contribution in [0.15, 0.2) is 36.5 Å². The lowest BCUT2D eigenvalue weighted by atomic mass is 10.1. The predicted molar refractivity (Wildman–Crippen MR) is 114 cm³/mol. The van der Waals surface area contributed by atoms with E-state index in [9.17, 15) is 4.79 Å². The lowest BCUT2D eigenvalue weighted by Gasteiger charge is -2.37. The number of benzene rings is 1. The van der Waals surface area contributed by atoms with Gasteiger partial charge in [-0.2, -0.15) is 0 Å². The number of nitrogens with zero attached hydrogens (tertiary/aromatic N) is 3. The standard InChI is InChI=1S/C23H30N4O/c1-17-6-5-9-21(18(17)2)26-12-14-27(15-13-26)22-16-19(10-11-24-22)23(28)25-20-7-3-4-8-20/h5-6,9-11,16,20H,3-4,7-8,12-15H2,1-2H3,(H,25,28). The molecule has 1 aromatic heterocycles. The highest BCUT2D eigenvalue weighted by molar-refractivity contribution is 5.95. The number of piperazine rings is 1. The van der Waals surface area contributed by atoms with Crippen molar-refractivity contribution in [1.29, 1.82) is 0 Å². The molecule has 1 N–H and O–H groups in total. The third-order valence-electron chi connectivity index (χ3n) is 6.22. The van der Waals surface area contributed by atoms with E-state index < -0.39 is 0 Å². The maximum atomic E-state index is 12.6. The minimum atomic E-state index is 0.0320. The molecular formula is C23H30N4O. The van der Waals surface area contributed by atoms with Gasteiger partial charge in [0.05, 0.1) is 0 Å². The Hall–Kier alpha value is -2.56. The number of hydrogen-bond donors (Lipinski definition) is 1. The zero-order valence-electron chi connectivity index (χ0n) is 16.9. The number of pyridine rings is 1. The van der Waals surface area contributed by atoms with Crippen molar-refractivity contribution in [3.8, 4) is 0 Å². The number of aromatic nitrogens is 1. The molecule has 1 saturated carbocycles. The van der Waals surface area contributed by atoms with Gasteiger partial charge in [0.15, 0.2) is 0 Å². The van der Waals surface area contributed by atoms with Crippen LogP contribution in [0.5, 0.6) is 0 Å². The molecule has 1 aliphatic heterocycles. The van der Waals surface area contributed by atoms with Gasteiger partial charge in [-0.3, -0.25) is 4.79 Å². The average Bonchev–Trinajstić information content (AvgIpc) is 3.23. The Kier molecular flexibility index (Phi) is 5.51. The number of aryl methyl sites for hydroxylation is 1. The number of anilines is 2. The molecule has 5 nitrogen and oxygen atoms in total. The van der Waals surface area contributed by atoms with Crippen LogP contribution in [0.2, 0.25) is 0 Å². The van der Waals surface area contributed by atoms with Crippen molar-refractivity contribution in [2.75, 3.05) is 36.0 Å². The monoisotopic (exact) mass is 378 g/mol. The minimum Gasteiger partial charge on any atom is -0.368 e. The van der Waals surface area contributed by atoms with Gasteiger partial charge in [-0.05, 0) is 56.0 Å². The topological polar surface area (TPSA) is 48.5 Å². The fraction of sp³-hybridized carbons (Fsp3) is 0.478. The summed E-state index contributed by atoms with van der Waals surface area (Å²) in [5.74, 6) is 0.934. The lowest BCUT2D eigenvalue weighted by Crippen LogP contribution is -2.47. The molecule has 0 atom stereocenters. The number of rotatable bonds is 4. The maximum absolute atomic E-state index is 12.6. The molecular weight excluding hydrogens is 348 g/mol. The third kappa shape index (κ3) is 3.98. The first-order chi connectivity index (χ1) is 13.6. The van der Waals surface area contributed by atoms with Crippen molar-refractivity contribution >= 4 is 17.4 Å². The molecule has 28 heavy (non-hydrogen) atoms. The van der Waals surface area contributed by atoms with Gasteiger partial charge >= 0.3 is 0 Å². The Bertz CT molecular complexity index is 836. The van der Waals surface area contributed by atoms with Crippen LogP contribution in [0.1, 0.15) is 47.2 Å². The zero-order valence-corrected chi connectivity index (χ0v) is 16.9. The molecule has 5 heteroatoms. The predicted octanol–water partition coefficient (Wildman–Crippen LogP) is 3.70. The van der Waals surface area contributed by atoms with Crippen molar-refractivity contribution in [2.45, 2.75) is 45.6 Å². The van der Waals surface area contributed by atoms with E-state index in [0.29, 0.717) is 11.6 Å². The van der Waals surface area contributed by atoms with Crippen LogP contribution in [0, 0.1) is 13.8 Å². The molecule has 1 amide bonds. The third-order valence-corrected chi connectivity index (χ3v) is 6.22. The first-order valence-corrected chi connectivity index (χ1v) is 10.4. The molecule has 1 saturated heterocycles. The average molecular weight is 379 g/mol. The van der Waals surface area contributed by atoms with E-state index in [1.54, 1.807) is 6.20 Å². The normalized spacial score (nSPS) is 17.8. The fourth-order valence-electron chi connectivity index (χ4n) is 4.33. The summed E-state index contributed by atoms with van der Waals surface area (Å²) in [7, 11) is 0. The molecule has 2 aromatic rings. The van der Waals surface area contributed by atoms with E-state index in [1.165, 1.54) is 29.7 Å². The fourth-order valence-corrected chi connectivity index (χ4v) is 4.33. The number of amides is 1. The van der Waals surface area contributed by atoms with E-state index in [1.807, 2.05) is 12.1 Å². The Morgan fingerprint density at radius 1 is 1.04 bits per heavy atom. The summed E-state index contributed by atoms with van der Waals surface area (Å²) >= 11 is 0. The van der Waals surface area contributed by atoms with Crippen molar-refractivity contribution in [2.24, 2.45) is 0 Å². The molecule has 1 aromatic carbocycles. The quantitative estimate of drug-likeness (QED) is 0.881. The second kappa shape index (κ2) is 8.21. The number of carbonyl (C=O) groups excluding carboxylic acids is 1. The summed E-state index contributed by atoms with van der Waals surface area (Å²) in [6.07, 6.45) is 6.40. The molecule has 1 aliphatic carbocycles. The van der Waals surface area contributed by atoms with Gasteiger partial charge < -0.3 is 15.1 Å². The number of nitrogens with one attached hydrogen (secondary N) is 1. The maximum Gasteiger partial charge on any atom is 0.251 e. The molecule has 0 spiro atoms. The summed E-state index contributed by atoms with van der Waals surface area (Å²) in [6, 6.07) is 10.6. The van der Waals surface area contributed by atoms with Gasteiger partial charge in [0.1, 0.15) is 5.82 Å². The van der Waals surface area contributed by atoms with Gasteiger partial charge in [-0.1, -0.05) is 25.0 Å².